The van der Waals surface area contributed by atoms with Crippen LogP contribution in [0.1, 0.15) is 66.6 Å². The van der Waals surface area contributed by atoms with Crippen LogP contribution in [0.4, 0.5) is 0 Å². The molecule has 0 heterocycles. The van der Waals surface area contributed by atoms with Gasteiger partial charge in [0.05, 0.1) is 18.8 Å². The standard InChI is InChI=1S/C23H26O3.C2H6/c1-26-22(25)18-8-10-21-17(13-18)7-9-19-14-20(24)11-12-23(19,21)15-16-5-3-2-4-6-16;1-2/h2-6,8,10,13,19-20,24H,7,9,11-12,14-15H2,1H3;1-2H3/t19?,20-,23+;/m1./s1. The molecule has 0 bridgehead atoms. The highest BCUT2D eigenvalue weighted by Gasteiger charge is 2.47. The van der Waals surface area contributed by atoms with Crippen molar-refractivity contribution in [2.45, 2.75) is 63.9 Å². The fourth-order valence-electron chi connectivity index (χ4n) is 5.20. The van der Waals surface area contributed by atoms with Gasteiger partial charge >= 0.3 is 5.97 Å². The Morgan fingerprint density at radius 1 is 1.14 bits per heavy atom. The molecule has 0 radical (unpaired) electrons. The number of aliphatic hydroxyl groups is 1. The predicted molar refractivity (Wildman–Crippen MR) is 113 cm³/mol. The molecular formula is C25H32O3. The van der Waals surface area contributed by atoms with Crippen LogP contribution in [-0.2, 0) is 23.0 Å². The fraction of sp³-hybridized carbons (Fsp3) is 0.480. The van der Waals surface area contributed by atoms with E-state index in [-0.39, 0.29) is 17.5 Å². The quantitative estimate of drug-likeness (QED) is 0.755. The summed E-state index contributed by atoms with van der Waals surface area (Å²) in [4.78, 5) is 11.9. The summed E-state index contributed by atoms with van der Waals surface area (Å²) < 4.78 is 4.90. The summed E-state index contributed by atoms with van der Waals surface area (Å²) in [5, 5.41) is 10.3. The Bertz CT molecular complexity index is 799. The number of fused-ring (bicyclic) bond motifs is 3. The lowest BCUT2D eigenvalue weighted by atomic mass is 9.54. The minimum Gasteiger partial charge on any atom is -0.465 e. The third-order valence-corrected chi connectivity index (χ3v) is 6.45. The van der Waals surface area contributed by atoms with E-state index in [1.807, 2.05) is 26.0 Å². The van der Waals surface area contributed by atoms with Crippen molar-refractivity contribution in [3.8, 4) is 0 Å². The lowest BCUT2D eigenvalue weighted by molar-refractivity contribution is 0.0405. The van der Waals surface area contributed by atoms with E-state index >= 15 is 0 Å². The van der Waals surface area contributed by atoms with Gasteiger partial charge in [0.2, 0.25) is 0 Å². The molecule has 2 aromatic carbocycles. The van der Waals surface area contributed by atoms with Gasteiger partial charge in [0, 0.05) is 5.41 Å². The molecule has 2 aliphatic carbocycles. The molecule has 0 aliphatic heterocycles. The van der Waals surface area contributed by atoms with Crippen molar-refractivity contribution in [2.24, 2.45) is 5.92 Å². The molecule has 0 saturated heterocycles. The Labute approximate surface area is 168 Å². The number of hydrogen-bond acceptors (Lipinski definition) is 3. The molecule has 2 aliphatic rings. The minimum absolute atomic E-state index is 0.0583. The highest BCUT2D eigenvalue weighted by molar-refractivity contribution is 5.89. The van der Waals surface area contributed by atoms with E-state index in [2.05, 4.69) is 36.4 Å². The number of hydrogen-bond donors (Lipinski definition) is 1. The Morgan fingerprint density at radius 2 is 1.89 bits per heavy atom. The van der Waals surface area contributed by atoms with Crippen molar-refractivity contribution in [1.82, 2.24) is 0 Å². The SMILES string of the molecule is CC.COC(=O)c1ccc2c(c1)CCC1C[C@H](O)CC[C@@]21Cc1ccccc1. The molecule has 1 fully saturated rings. The Balaban J connectivity index is 0.00000109. The maximum atomic E-state index is 11.9. The van der Waals surface area contributed by atoms with Gasteiger partial charge in [-0.1, -0.05) is 50.2 Å². The van der Waals surface area contributed by atoms with Crippen molar-refractivity contribution in [3.63, 3.8) is 0 Å². The van der Waals surface area contributed by atoms with Gasteiger partial charge < -0.3 is 9.84 Å². The number of rotatable bonds is 3. The van der Waals surface area contributed by atoms with Crippen LogP contribution >= 0.6 is 0 Å². The number of carbonyl (C=O) groups excluding carboxylic acids is 1. The van der Waals surface area contributed by atoms with E-state index in [0.29, 0.717) is 11.5 Å². The summed E-state index contributed by atoms with van der Waals surface area (Å²) in [6.45, 7) is 4.00. The first kappa shape index (κ1) is 20.6. The van der Waals surface area contributed by atoms with Crippen LogP contribution in [0.2, 0.25) is 0 Å². The van der Waals surface area contributed by atoms with Gasteiger partial charge in [-0.3, -0.25) is 0 Å². The number of benzene rings is 2. The van der Waals surface area contributed by atoms with Crippen molar-refractivity contribution < 1.29 is 14.6 Å². The molecule has 3 heteroatoms. The normalized spacial score (nSPS) is 25.6. The third-order valence-electron chi connectivity index (χ3n) is 6.45. The number of aliphatic hydroxyl groups excluding tert-OH is 1. The van der Waals surface area contributed by atoms with Crippen molar-refractivity contribution in [2.75, 3.05) is 7.11 Å². The van der Waals surface area contributed by atoms with E-state index in [1.165, 1.54) is 23.8 Å². The Hall–Kier alpha value is -2.13. The molecule has 3 nitrogen and oxygen atoms in total. The van der Waals surface area contributed by atoms with E-state index in [4.69, 9.17) is 4.74 Å². The largest absolute Gasteiger partial charge is 0.465 e. The van der Waals surface area contributed by atoms with Gasteiger partial charge in [-0.2, -0.15) is 0 Å². The van der Waals surface area contributed by atoms with Crippen molar-refractivity contribution >= 4 is 5.97 Å². The molecule has 0 spiro atoms. The highest BCUT2D eigenvalue weighted by Crippen LogP contribution is 2.52. The minimum atomic E-state index is -0.272. The number of aryl methyl sites for hydroxylation is 1. The summed E-state index contributed by atoms with van der Waals surface area (Å²) in [6.07, 6.45) is 5.58. The average molecular weight is 381 g/mol. The van der Waals surface area contributed by atoms with Crippen LogP contribution in [-0.4, -0.2) is 24.3 Å². The van der Waals surface area contributed by atoms with Crippen molar-refractivity contribution in [3.05, 3.63) is 70.8 Å². The molecule has 1 unspecified atom stereocenters. The topological polar surface area (TPSA) is 46.5 Å². The molecule has 4 rings (SSSR count). The molecule has 150 valence electrons. The molecule has 3 atom stereocenters. The molecule has 0 amide bonds. The Kier molecular flexibility index (Phi) is 6.56. The first-order valence-corrected chi connectivity index (χ1v) is 10.6. The number of carbonyl (C=O) groups is 1. The van der Waals surface area contributed by atoms with Gasteiger partial charge in [-0.15, -0.1) is 0 Å². The van der Waals surface area contributed by atoms with E-state index in [0.717, 1.165) is 38.5 Å². The first-order valence-electron chi connectivity index (χ1n) is 10.6. The predicted octanol–water partition coefficient (Wildman–Crippen LogP) is 5.09. The smallest absolute Gasteiger partial charge is 0.337 e. The summed E-state index contributed by atoms with van der Waals surface area (Å²) in [7, 11) is 1.43. The molecule has 1 N–H and O–H groups in total. The molecule has 28 heavy (non-hydrogen) atoms. The second-order valence-electron chi connectivity index (χ2n) is 7.85. The summed E-state index contributed by atoms with van der Waals surface area (Å²) in [6, 6.07) is 16.7. The molecule has 1 saturated carbocycles. The summed E-state index contributed by atoms with van der Waals surface area (Å²) in [5.41, 5.74) is 4.69. The third kappa shape index (κ3) is 3.86. The van der Waals surface area contributed by atoms with Crippen molar-refractivity contribution in [1.29, 1.82) is 0 Å². The second kappa shape index (κ2) is 8.91. The van der Waals surface area contributed by atoms with E-state index in [9.17, 15) is 9.90 Å². The van der Waals surface area contributed by atoms with Gasteiger partial charge in [0.15, 0.2) is 0 Å². The van der Waals surface area contributed by atoms with Gasteiger partial charge in [0.25, 0.3) is 0 Å². The molecule has 2 aromatic rings. The summed E-state index contributed by atoms with van der Waals surface area (Å²) in [5.74, 6) is 0.217. The Morgan fingerprint density at radius 3 is 2.61 bits per heavy atom. The highest BCUT2D eigenvalue weighted by atomic mass is 16.5. The number of ether oxygens (including phenoxy) is 1. The zero-order chi connectivity index (χ0) is 20.1. The second-order valence-corrected chi connectivity index (χ2v) is 7.85. The zero-order valence-corrected chi connectivity index (χ0v) is 17.3. The molecule has 0 aromatic heterocycles. The van der Waals surface area contributed by atoms with Gasteiger partial charge in [-0.05, 0) is 73.3 Å². The first-order chi connectivity index (χ1) is 13.6. The van der Waals surface area contributed by atoms with Crippen LogP contribution in [0.25, 0.3) is 0 Å². The lowest BCUT2D eigenvalue weighted by Crippen LogP contribution is -2.46. The number of methoxy groups -OCH3 is 1. The maximum absolute atomic E-state index is 11.9. The van der Waals surface area contributed by atoms with Crippen LogP contribution < -0.4 is 0 Å². The van der Waals surface area contributed by atoms with Crippen LogP contribution in [0.3, 0.4) is 0 Å². The van der Waals surface area contributed by atoms with Crippen LogP contribution in [0.5, 0.6) is 0 Å². The van der Waals surface area contributed by atoms with Gasteiger partial charge in [0.1, 0.15) is 0 Å². The lowest BCUT2D eigenvalue weighted by Gasteiger charge is -2.50. The zero-order valence-electron chi connectivity index (χ0n) is 17.3. The summed E-state index contributed by atoms with van der Waals surface area (Å²) >= 11 is 0. The number of esters is 1. The van der Waals surface area contributed by atoms with Crippen LogP contribution in [0.15, 0.2) is 48.5 Å². The van der Waals surface area contributed by atoms with E-state index < -0.39 is 0 Å². The van der Waals surface area contributed by atoms with E-state index in [1.54, 1.807) is 0 Å². The monoisotopic (exact) mass is 380 g/mol. The molecular weight excluding hydrogens is 348 g/mol. The van der Waals surface area contributed by atoms with Crippen LogP contribution in [0, 0.1) is 5.92 Å². The average Bonchev–Trinajstić information content (AvgIpc) is 2.75. The fourth-order valence-corrected chi connectivity index (χ4v) is 5.20. The van der Waals surface area contributed by atoms with Gasteiger partial charge in [-0.25, -0.2) is 4.79 Å². The maximum Gasteiger partial charge on any atom is 0.337 e.